The Balaban J connectivity index is 1.50. The van der Waals surface area contributed by atoms with Crippen LogP contribution in [0.2, 0.25) is 0 Å². The fourth-order valence-electron chi connectivity index (χ4n) is 5.33. The normalized spacial score (nSPS) is 19.1. The second kappa shape index (κ2) is 7.39. The highest BCUT2D eigenvalue weighted by Gasteiger charge is 2.55. The number of anilines is 1. The zero-order valence-corrected chi connectivity index (χ0v) is 18.6. The van der Waals surface area contributed by atoms with Crippen molar-refractivity contribution >= 4 is 22.5 Å². The lowest BCUT2D eigenvalue weighted by Crippen LogP contribution is -2.54. The van der Waals surface area contributed by atoms with Crippen molar-refractivity contribution in [3.8, 4) is 11.5 Å². The third-order valence-electron chi connectivity index (χ3n) is 6.92. The van der Waals surface area contributed by atoms with Crippen LogP contribution >= 0.6 is 0 Å². The molecule has 2 N–H and O–H groups in total. The summed E-state index contributed by atoms with van der Waals surface area (Å²) in [6.45, 7) is 1.21. The highest BCUT2D eigenvalue weighted by Crippen LogP contribution is 2.48. The molecule has 0 fully saturated rings. The molecular weight excluding hydrogens is 414 g/mol. The van der Waals surface area contributed by atoms with E-state index in [2.05, 4.69) is 22.4 Å². The summed E-state index contributed by atoms with van der Waals surface area (Å²) < 4.78 is 10.8. The maximum absolute atomic E-state index is 14.2. The van der Waals surface area contributed by atoms with E-state index in [1.165, 1.54) is 5.56 Å². The first-order valence-corrected chi connectivity index (χ1v) is 11.1. The summed E-state index contributed by atoms with van der Waals surface area (Å²) in [5.41, 5.74) is 5.18. The maximum Gasteiger partial charge on any atom is 0.258 e. The third kappa shape index (κ3) is 2.80. The molecule has 0 radical (unpaired) electrons. The van der Waals surface area contributed by atoms with E-state index in [9.17, 15) is 4.79 Å². The third-order valence-corrected chi connectivity index (χ3v) is 6.92. The van der Waals surface area contributed by atoms with Crippen molar-refractivity contribution in [2.24, 2.45) is 0 Å². The van der Waals surface area contributed by atoms with Gasteiger partial charge in [0.25, 0.3) is 5.91 Å². The van der Waals surface area contributed by atoms with Crippen molar-refractivity contribution in [3.63, 3.8) is 0 Å². The van der Waals surface area contributed by atoms with Crippen molar-refractivity contribution < 1.29 is 14.3 Å². The highest BCUT2D eigenvalue weighted by atomic mass is 16.5. The average molecular weight is 440 g/mol. The molecule has 0 saturated heterocycles. The van der Waals surface area contributed by atoms with Gasteiger partial charge in [0, 0.05) is 23.0 Å². The van der Waals surface area contributed by atoms with Crippen LogP contribution in [0.25, 0.3) is 10.9 Å². The molecule has 6 nitrogen and oxygen atoms in total. The lowest BCUT2D eigenvalue weighted by Gasteiger charge is -2.34. The first-order valence-electron chi connectivity index (χ1n) is 11.1. The van der Waals surface area contributed by atoms with Crippen LogP contribution in [0.5, 0.6) is 11.5 Å². The number of H-pyrrole nitrogens is 1. The minimum absolute atomic E-state index is 0.0407. The molecule has 6 rings (SSSR count). The first-order chi connectivity index (χ1) is 16.2. The van der Waals surface area contributed by atoms with E-state index in [4.69, 9.17) is 9.47 Å². The smallest absolute Gasteiger partial charge is 0.258 e. The Morgan fingerprint density at radius 1 is 0.970 bits per heavy atom. The second-order valence-electron chi connectivity index (χ2n) is 8.57. The molecule has 0 unspecified atom stereocenters. The van der Waals surface area contributed by atoms with Gasteiger partial charge in [-0.25, -0.2) is 0 Å². The fourth-order valence-corrected chi connectivity index (χ4v) is 5.33. The number of aromatic nitrogens is 1. The van der Waals surface area contributed by atoms with Crippen molar-refractivity contribution in [2.45, 2.75) is 18.5 Å². The monoisotopic (exact) mass is 439 g/mol. The van der Waals surface area contributed by atoms with Gasteiger partial charge in [0.1, 0.15) is 11.5 Å². The van der Waals surface area contributed by atoms with Crippen LogP contribution in [0.4, 0.5) is 5.69 Å². The Morgan fingerprint density at radius 3 is 2.52 bits per heavy atom. The van der Waals surface area contributed by atoms with Gasteiger partial charge >= 0.3 is 0 Å². The molecule has 4 aromatic rings. The molecule has 3 heterocycles. The summed E-state index contributed by atoms with van der Waals surface area (Å²) in [6.07, 6.45) is 0.845. The summed E-state index contributed by atoms with van der Waals surface area (Å²) in [6, 6.07) is 22.0. The van der Waals surface area contributed by atoms with Gasteiger partial charge in [0.2, 0.25) is 0 Å². The van der Waals surface area contributed by atoms with Gasteiger partial charge in [0.15, 0.2) is 5.54 Å². The van der Waals surface area contributed by atoms with Crippen molar-refractivity contribution in [3.05, 3.63) is 89.1 Å². The number of benzene rings is 3. The number of para-hydroxylation sites is 1. The van der Waals surface area contributed by atoms with Crippen LogP contribution in [-0.2, 0) is 23.3 Å². The number of rotatable bonds is 4. The quantitative estimate of drug-likeness (QED) is 0.502. The number of hydrogen-bond acceptors (Lipinski definition) is 4. The van der Waals surface area contributed by atoms with Gasteiger partial charge in [0.05, 0.1) is 32.1 Å². The van der Waals surface area contributed by atoms with E-state index in [1.54, 1.807) is 14.2 Å². The van der Waals surface area contributed by atoms with E-state index >= 15 is 0 Å². The molecule has 1 amide bonds. The first kappa shape index (κ1) is 19.9. The van der Waals surface area contributed by atoms with Gasteiger partial charge in [-0.1, -0.05) is 30.3 Å². The molecule has 0 bridgehead atoms. The Hall–Kier alpha value is -3.77. The van der Waals surface area contributed by atoms with E-state index < -0.39 is 5.54 Å². The fraction of sp³-hybridized carbons (Fsp3) is 0.222. The molecule has 3 aromatic carbocycles. The van der Waals surface area contributed by atoms with Crippen LogP contribution in [0, 0.1) is 0 Å². The predicted molar refractivity (Wildman–Crippen MR) is 128 cm³/mol. The lowest BCUT2D eigenvalue weighted by molar-refractivity contribution is -0.123. The summed E-state index contributed by atoms with van der Waals surface area (Å²) in [5.74, 6) is 1.66. The topological polar surface area (TPSA) is 66.6 Å². The van der Waals surface area contributed by atoms with Crippen LogP contribution in [0.3, 0.4) is 0 Å². The zero-order valence-electron chi connectivity index (χ0n) is 18.6. The summed E-state index contributed by atoms with van der Waals surface area (Å²) in [4.78, 5) is 19.7. The summed E-state index contributed by atoms with van der Waals surface area (Å²) >= 11 is 0. The van der Waals surface area contributed by atoms with E-state index in [0.717, 1.165) is 51.3 Å². The van der Waals surface area contributed by atoms with Crippen molar-refractivity contribution in [2.75, 3.05) is 25.7 Å². The SMILES string of the molecule is COc1ccc(CN2C(=O)[C@]3(NCCc4c3[nH]c3ccc(OC)cc43)c3ccccc32)cc1. The minimum Gasteiger partial charge on any atom is -0.497 e. The molecule has 33 heavy (non-hydrogen) atoms. The summed E-state index contributed by atoms with van der Waals surface area (Å²) in [7, 11) is 3.33. The predicted octanol–water partition coefficient (Wildman–Crippen LogP) is 4.12. The molecule has 2 aliphatic heterocycles. The number of ether oxygens (including phenoxy) is 2. The van der Waals surface area contributed by atoms with Gasteiger partial charge < -0.3 is 19.4 Å². The van der Waals surface area contributed by atoms with Gasteiger partial charge in [-0.2, -0.15) is 0 Å². The molecule has 0 aliphatic carbocycles. The Labute approximate surface area is 192 Å². The van der Waals surface area contributed by atoms with Gasteiger partial charge in [-0.3, -0.25) is 10.1 Å². The highest BCUT2D eigenvalue weighted by molar-refractivity contribution is 6.11. The number of nitrogens with one attached hydrogen (secondary N) is 2. The number of carbonyl (C=O) groups is 1. The standard InChI is InChI=1S/C27H25N3O3/c1-32-18-9-7-17(8-10-18)16-30-24-6-4-3-5-22(24)27(26(30)31)25-20(13-14-28-27)21-15-19(33-2)11-12-23(21)29-25/h3-12,15,28-29H,13-14,16H2,1-2H3/t27-/m0/s1. The second-order valence-corrected chi connectivity index (χ2v) is 8.57. The Bertz CT molecular complexity index is 1380. The van der Waals surface area contributed by atoms with E-state index in [1.807, 2.05) is 59.5 Å². The van der Waals surface area contributed by atoms with Crippen LogP contribution in [-0.4, -0.2) is 31.7 Å². The Morgan fingerprint density at radius 2 is 1.73 bits per heavy atom. The number of fused-ring (bicyclic) bond motifs is 6. The number of methoxy groups -OCH3 is 2. The number of amides is 1. The average Bonchev–Trinajstić information content (AvgIpc) is 3.35. The molecule has 2 aliphatic rings. The largest absolute Gasteiger partial charge is 0.497 e. The lowest BCUT2D eigenvalue weighted by atomic mass is 9.82. The van der Waals surface area contributed by atoms with Gasteiger partial charge in [-0.15, -0.1) is 0 Å². The minimum atomic E-state index is -0.928. The van der Waals surface area contributed by atoms with Crippen LogP contribution in [0.1, 0.15) is 22.4 Å². The number of carbonyl (C=O) groups excluding carboxylic acids is 1. The number of nitrogens with zero attached hydrogens (tertiary/aromatic N) is 1. The zero-order chi connectivity index (χ0) is 22.6. The molecular formula is C27H25N3O3. The van der Waals surface area contributed by atoms with E-state index in [0.29, 0.717) is 13.1 Å². The van der Waals surface area contributed by atoms with Gasteiger partial charge in [-0.05, 0) is 53.9 Å². The van der Waals surface area contributed by atoms with Crippen molar-refractivity contribution in [1.82, 2.24) is 10.3 Å². The number of aromatic amines is 1. The maximum atomic E-state index is 14.2. The molecule has 1 atom stereocenters. The molecule has 6 heteroatoms. The van der Waals surface area contributed by atoms with E-state index in [-0.39, 0.29) is 5.91 Å². The molecule has 1 spiro atoms. The summed E-state index contributed by atoms with van der Waals surface area (Å²) in [5, 5.41) is 4.72. The molecule has 1 aromatic heterocycles. The Kier molecular flexibility index (Phi) is 4.45. The molecule has 166 valence electrons. The van der Waals surface area contributed by atoms with Crippen LogP contribution < -0.4 is 19.7 Å². The molecule has 0 saturated carbocycles. The van der Waals surface area contributed by atoms with Crippen LogP contribution in [0.15, 0.2) is 66.7 Å². The number of hydrogen-bond donors (Lipinski definition) is 2. The van der Waals surface area contributed by atoms with Crippen molar-refractivity contribution in [1.29, 1.82) is 0 Å².